The molecule has 1 saturated carbocycles. The summed E-state index contributed by atoms with van der Waals surface area (Å²) in [5, 5.41) is 28.7. The van der Waals surface area contributed by atoms with Crippen molar-refractivity contribution in [2.75, 3.05) is 5.32 Å². The van der Waals surface area contributed by atoms with Crippen molar-refractivity contribution in [3.63, 3.8) is 0 Å². The Morgan fingerprint density at radius 1 is 1.10 bits per heavy atom. The lowest BCUT2D eigenvalue weighted by molar-refractivity contribution is -0.591. The summed E-state index contributed by atoms with van der Waals surface area (Å²) in [6.45, 7) is 1.48. The van der Waals surface area contributed by atoms with Gasteiger partial charge in [-0.25, -0.2) is 17.9 Å². The van der Waals surface area contributed by atoms with Gasteiger partial charge in [-0.1, -0.05) is 0 Å². The molecule has 2 N–H and O–H groups in total. The Morgan fingerprint density at radius 3 is 2.23 bits per heavy atom. The molecule has 1 aromatic heterocycles. The average Bonchev–Trinajstić information content (AvgIpc) is 2.68. The zero-order valence-corrected chi connectivity index (χ0v) is 16.0. The minimum absolute atomic E-state index is 0.0667. The first-order chi connectivity index (χ1) is 14.2. The number of rotatable bonds is 5. The predicted molar refractivity (Wildman–Crippen MR) is 100 cm³/mol. The Morgan fingerprint density at radius 2 is 1.67 bits per heavy atom. The number of hydrogen-bond acceptors (Lipinski definition) is 5. The number of nitro groups is 1. The monoisotopic (exact) mass is 424 g/mol. The van der Waals surface area contributed by atoms with Crippen molar-refractivity contribution in [3.05, 3.63) is 68.3 Å². The Balaban J connectivity index is 1.58. The molecule has 1 amide bonds. The maximum atomic E-state index is 13.3. The zero-order valence-electron chi connectivity index (χ0n) is 16.0. The molecule has 0 unspecified atom stereocenters. The number of hydrogen-bond donors (Lipinski definition) is 2. The number of nitrogens with one attached hydrogen (secondary N) is 2. The van der Waals surface area contributed by atoms with E-state index in [0.717, 1.165) is 6.20 Å². The normalized spacial score (nSPS) is 18.7. The van der Waals surface area contributed by atoms with E-state index in [2.05, 4.69) is 10.6 Å². The fraction of sp³-hybridized carbons (Fsp3) is 0.368. The number of pyridine rings is 1. The van der Waals surface area contributed by atoms with Crippen LogP contribution in [0.1, 0.15) is 41.6 Å². The Kier molecular flexibility index (Phi) is 6.09. The third-order valence-corrected chi connectivity index (χ3v) is 5.08. The minimum Gasteiger partial charge on any atom is -0.711 e. The van der Waals surface area contributed by atoms with Gasteiger partial charge in [0.2, 0.25) is 0 Å². The molecule has 30 heavy (non-hydrogen) atoms. The fourth-order valence-electron chi connectivity index (χ4n) is 3.47. The van der Waals surface area contributed by atoms with E-state index in [-0.39, 0.29) is 34.7 Å². The van der Waals surface area contributed by atoms with Gasteiger partial charge >= 0.3 is 0 Å². The third-order valence-electron chi connectivity index (χ3n) is 5.08. The topological polar surface area (TPSA) is 111 Å². The molecule has 1 aliphatic carbocycles. The molecule has 0 bridgehead atoms. The summed E-state index contributed by atoms with van der Waals surface area (Å²) in [7, 11) is 0. The zero-order chi connectivity index (χ0) is 22.0. The van der Waals surface area contributed by atoms with Gasteiger partial charge in [0, 0.05) is 11.6 Å². The molecule has 1 aliphatic rings. The van der Waals surface area contributed by atoms with Gasteiger partial charge in [0.05, 0.1) is 16.5 Å². The molecule has 0 atom stereocenters. The quantitative estimate of drug-likeness (QED) is 0.252. The SMILES string of the molecule is Cc1c[n+]([O-])c(N[C@H]2CC[C@@H](NC(=O)c3cc(F)c(F)c(F)c3)CC2)cc1[N+](=O)[O-]. The molecule has 2 aromatic rings. The number of amides is 1. The first-order valence-electron chi connectivity index (χ1n) is 9.26. The van der Waals surface area contributed by atoms with Crippen molar-refractivity contribution < 1.29 is 27.6 Å². The summed E-state index contributed by atoms with van der Waals surface area (Å²) in [6, 6.07) is 2.06. The van der Waals surface area contributed by atoms with Gasteiger partial charge in [-0.05, 0) is 44.7 Å². The van der Waals surface area contributed by atoms with Crippen LogP contribution in [-0.2, 0) is 0 Å². The highest BCUT2D eigenvalue weighted by atomic mass is 19.2. The largest absolute Gasteiger partial charge is 0.711 e. The highest BCUT2D eigenvalue weighted by Gasteiger charge is 2.27. The van der Waals surface area contributed by atoms with E-state index >= 15 is 0 Å². The Bertz CT molecular complexity index is 971. The number of aromatic nitrogens is 1. The van der Waals surface area contributed by atoms with Gasteiger partial charge in [-0.3, -0.25) is 20.2 Å². The Labute approximate surface area is 169 Å². The maximum Gasteiger partial charge on any atom is 0.284 e. The summed E-state index contributed by atoms with van der Waals surface area (Å²) >= 11 is 0. The molecule has 1 fully saturated rings. The molecule has 3 rings (SSSR count). The van der Waals surface area contributed by atoms with Crippen molar-refractivity contribution in [2.24, 2.45) is 0 Å². The summed E-state index contributed by atoms with van der Waals surface area (Å²) < 4.78 is 40.2. The van der Waals surface area contributed by atoms with Crippen molar-refractivity contribution >= 4 is 17.4 Å². The van der Waals surface area contributed by atoms with Crippen LogP contribution in [0.3, 0.4) is 0 Å². The average molecular weight is 424 g/mol. The smallest absolute Gasteiger partial charge is 0.284 e. The minimum atomic E-state index is -1.63. The van der Waals surface area contributed by atoms with Gasteiger partial charge < -0.3 is 10.5 Å². The van der Waals surface area contributed by atoms with E-state index in [1.54, 1.807) is 0 Å². The Hall–Kier alpha value is -3.37. The number of aryl methyl sites for hydroxylation is 1. The summed E-state index contributed by atoms with van der Waals surface area (Å²) in [5.74, 6) is -5.16. The molecular weight excluding hydrogens is 405 g/mol. The van der Waals surface area contributed by atoms with Crippen LogP contribution in [0.2, 0.25) is 0 Å². The molecule has 1 aromatic carbocycles. The molecule has 1 heterocycles. The van der Waals surface area contributed by atoms with E-state index in [0.29, 0.717) is 42.5 Å². The van der Waals surface area contributed by atoms with Crippen LogP contribution in [0.25, 0.3) is 0 Å². The van der Waals surface area contributed by atoms with Crippen molar-refractivity contribution in [1.29, 1.82) is 0 Å². The number of nitrogens with zero attached hydrogens (tertiary/aromatic N) is 2. The fourth-order valence-corrected chi connectivity index (χ4v) is 3.47. The number of benzene rings is 1. The van der Waals surface area contributed by atoms with E-state index in [1.165, 1.54) is 13.0 Å². The van der Waals surface area contributed by atoms with Gasteiger partial charge in [-0.15, -0.1) is 0 Å². The lowest BCUT2D eigenvalue weighted by atomic mass is 9.91. The molecule has 0 spiro atoms. The standard InChI is InChI=1S/C19H19F3N4O4/c1-10-9-25(28)17(8-16(10)26(29)30)23-12-2-4-13(5-3-12)24-19(27)11-6-14(20)18(22)15(21)7-11/h6-9,12-13,23H,2-5H2,1H3,(H,24,27)/t12-,13+. The maximum absolute atomic E-state index is 13.3. The molecule has 0 radical (unpaired) electrons. The van der Waals surface area contributed by atoms with Crippen molar-refractivity contribution in [3.8, 4) is 0 Å². The van der Waals surface area contributed by atoms with Crippen LogP contribution >= 0.6 is 0 Å². The third kappa shape index (κ3) is 4.61. The first-order valence-corrected chi connectivity index (χ1v) is 9.26. The van der Waals surface area contributed by atoms with E-state index in [1.807, 2.05) is 0 Å². The summed E-state index contributed by atoms with van der Waals surface area (Å²) in [4.78, 5) is 22.7. The number of anilines is 1. The van der Waals surface area contributed by atoms with E-state index in [9.17, 15) is 33.3 Å². The lowest BCUT2D eigenvalue weighted by Gasteiger charge is -2.28. The number of carbonyl (C=O) groups excluding carboxylic acids is 1. The second-order valence-electron chi connectivity index (χ2n) is 7.23. The number of halogens is 3. The van der Waals surface area contributed by atoms with Crippen LogP contribution in [0.4, 0.5) is 24.7 Å². The van der Waals surface area contributed by atoms with Crippen molar-refractivity contribution in [1.82, 2.24) is 5.32 Å². The summed E-state index contributed by atoms with van der Waals surface area (Å²) in [5.41, 5.74) is -0.226. The van der Waals surface area contributed by atoms with Crippen LogP contribution in [0.15, 0.2) is 24.4 Å². The summed E-state index contributed by atoms with van der Waals surface area (Å²) in [6.07, 6.45) is 3.27. The van der Waals surface area contributed by atoms with Gasteiger partial charge in [0.15, 0.2) is 17.5 Å². The molecule has 0 saturated heterocycles. The lowest BCUT2D eigenvalue weighted by Crippen LogP contribution is -2.42. The van der Waals surface area contributed by atoms with Crippen LogP contribution in [0.5, 0.6) is 0 Å². The van der Waals surface area contributed by atoms with Crippen LogP contribution < -0.4 is 15.4 Å². The molecular formula is C19H19F3N4O4. The molecule has 8 nitrogen and oxygen atoms in total. The van der Waals surface area contributed by atoms with Crippen molar-refractivity contribution in [2.45, 2.75) is 44.7 Å². The predicted octanol–water partition coefficient (Wildman–Crippen LogP) is 3.11. The molecule has 160 valence electrons. The highest BCUT2D eigenvalue weighted by Crippen LogP contribution is 2.24. The van der Waals surface area contributed by atoms with Gasteiger partial charge in [0.1, 0.15) is 12.3 Å². The second-order valence-corrected chi connectivity index (χ2v) is 7.23. The van der Waals surface area contributed by atoms with Gasteiger partial charge in [0.25, 0.3) is 17.4 Å². The molecule has 11 heteroatoms. The van der Waals surface area contributed by atoms with E-state index in [4.69, 9.17) is 0 Å². The van der Waals surface area contributed by atoms with E-state index < -0.39 is 28.3 Å². The first kappa shape index (κ1) is 21.3. The van der Waals surface area contributed by atoms with Gasteiger partial charge in [-0.2, -0.15) is 0 Å². The van der Waals surface area contributed by atoms with Crippen LogP contribution in [0, 0.1) is 39.7 Å². The second kappa shape index (κ2) is 8.56. The van der Waals surface area contributed by atoms with Crippen LogP contribution in [-0.4, -0.2) is 22.9 Å². The highest BCUT2D eigenvalue weighted by molar-refractivity contribution is 5.94. The molecule has 0 aliphatic heterocycles. The number of carbonyl (C=O) groups is 1.